The molecule has 1 heterocycles. The van der Waals surface area contributed by atoms with Gasteiger partial charge in [0.2, 0.25) is 0 Å². The van der Waals surface area contributed by atoms with Gasteiger partial charge in [0.25, 0.3) is 0 Å². The molecule has 140 valence electrons. The Morgan fingerprint density at radius 3 is 1.67 bits per heavy atom. The summed E-state index contributed by atoms with van der Waals surface area (Å²) in [5.41, 5.74) is -0.247. The zero-order valence-corrected chi connectivity index (χ0v) is 15.7. The van der Waals surface area contributed by atoms with E-state index >= 15 is 0 Å². The van der Waals surface area contributed by atoms with Crippen LogP contribution in [0.4, 0.5) is 0 Å². The van der Waals surface area contributed by atoms with E-state index in [0.29, 0.717) is 25.2 Å². The Bertz CT molecular complexity index is 408. The summed E-state index contributed by atoms with van der Waals surface area (Å²) in [5, 5.41) is 9.02. The number of hydrogen-bond donors (Lipinski definition) is 1. The normalized spacial score (nSPS) is 19.0. The third-order valence-electron chi connectivity index (χ3n) is 4.03. The Morgan fingerprint density at radius 1 is 1.00 bits per heavy atom. The summed E-state index contributed by atoms with van der Waals surface area (Å²) in [4.78, 5) is 34.6. The van der Waals surface area contributed by atoms with E-state index in [0.717, 1.165) is 0 Å². The first-order chi connectivity index (χ1) is 11.0. The largest absolute Gasteiger partial charge is 0.469 e. The second-order valence-electron chi connectivity index (χ2n) is 7.04. The van der Waals surface area contributed by atoms with E-state index in [2.05, 4.69) is 42.1 Å². The van der Waals surface area contributed by atoms with Crippen molar-refractivity contribution in [1.29, 1.82) is 0 Å². The highest BCUT2D eigenvalue weighted by atomic mass is 16.5. The van der Waals surface area contributed by atoms with Crippen LogP contribution >= 0.6 is 0 Å². The number of likely N-dealkylation sites (tertiary alicyclic amines) is 1. The Morgan fingerprint density at radius 2 is 1.38 bits per heavy atom. The van der Waals surface area contributed by atoms with Gasteiger partial charge in [-0.1, -0.05) is 0 Å². The molecule has 0 aromatic heterocycles. The van der Waals surface area contributed by atoms with Crippen molar-refractivity contribution in [2.75, 3.05) is 27.4 Å². The lowest BCUT2D eigenvalue weighted by atomic mass is 9.79. The van der Waals surface area contributed by atoms with Crippen LogP contribution < -0.4 is 0 Å². The molecule has 0 saturated carbocycles. The van der Waals surface area contributed by atoms with Crippen molar-refractivity contribution in [3.63, 3.8) is 0 Å². The molecule has 0 unspecified atom stereocenters. The Hall–Kier alpha value is -1.47. The van der Waals surface area contributed by atoms with Crippen LogP contribution in [0.1, 0.15) is 53.4 Å². The van der Waals surface area contributed by atoms with Gasteiger partial charge in [-0.3, -0.25) is 19.3 Å². The number of esters is 2. The van der Waals surface area contributed by atoms with Crippen molar-refractivity contribution in [2.24, 2.45) is 0 Å². The minimum Gasteiger partial charge on any atom is -0.469 e. The molecule has 0 radical (unpaired) electrons. The molecule has 0 atom stereocenters. The van der Waals surface area contributed by atoms with Gasteiger partial charge in [-0.25, -0.2) is 0 Å². The maximum atomic E-state index is 11.6. The molecule has 0 bridgehead atoms. The molecule has 1 N–H and O–H groups in total. The molecule has 1 aliphatic heterocycles. The van der Waals surface area contributed by atoms with Gasteiger partial charge in [0.15, 0.2) is 0 Å². The average molecular weight is 345 g/mol. The average Bonchev–Trinajstić information content (AvgIpc) is 2.47. The standard InChI is InChI=1S/C11H21NO2.C6H10O4/c1-10(2)7-9(14)8-11(3,4)12(10)5-6-13;1-9-5(7)3-4-6(8)10-2/h13H,5-8H2,1-4H3;3-4H2,1-2H3. The van der Waals surface area contributed by atoms with E-state index < -0.39 is 11.9 Å². The highest BCUT2D eigenvalue weighted by molar-refractivity contribution is 5.81. The lowest BCUT2D eigenvalue weighted by molar-refractivity contribution is -0.147. The van der Waals surface area contributed by atoms with Crippen LogP contribution in [-0.4, -0.2) is 66.2 Å². The molecular weight excluding hydrogens is 314 g/mol. The number of ether oxygens (including phenoxy) is 2. The number of β-amino-alcohol motifs (C(OH)–C–C–N with tert-alkyl or cyclic N) is 1. The molecule has 7 heteroatoms. The quantitative estimate of drug-likeness (QED) is 0.751. The van der Waals surface area contributed by atoms with Crippen LogP contribution in [0.25, 0.3) is 0 Å². The number of rotatable bonds is 5. The molecule has 0 spiro atoms. The SMILES string of the molecule is CC1(C)CC(=O)CC(C)(C)N1CCO.COC(=O)CCC(=O)OC. The number of piperidine rings is 1. The van der Waals surface area contributed by atoms with Gasteiger partial charge < -0.3 is 14.6 Å². The monoisotopic (exact) mass is 345 g/mol. The fourth-order valence-corrected chi connectivity index (χ4v) is 3.15. The second kappa shape index (κ2) is 9.74. The first kappa shape index (κ1) is 22.5. The van der Waals surface area contributed by atoms with Crippen molar-refractivity contribution in [1.82, 2.24) is 4.90 Å². The van der Waals surface area contributed by atoms with Gasteiger partial charge in [0.1, 0.15) is 5.78 Å². The smallest absolute Gasteiger partial charge is 0.306 e. The molecule has 7 nitrogen and oxygen atoms in total. The number of Topliss-reactive ketones (excluding diaryl/α,β-unsaturated/α-hetero) is 1. The molecule has 1 aliphatic rings. The fraction of sp³-hybridized carbons (Fsp3) is 0.824. The summed E-state index contributed by atoms with van der Waals surface area (Å²) in [7, 11) is 2.55. The first-order valence-corrected chi connectivity index (χ1v) is 8.04. The number of ketones is 1. The highest BCUT2D eigenvalue weighted by Crippen LogP contribution is 2.35. The van der Waals surface area contributed by atoms with Crippen molar-refractivity contribution < 1.29 is 29.0 Å². The lowest BCUT2D eigenvalue weighted by Gasteiger charge is -2.52. The lowest BCUT2D eigenvalue weighted by Crippen LogP contribution is -2.61. The maximum Gasteiger partial charge on any atom is 0.306 e. The van der Waals surface area contributed by atoms with Gasteiger partial charge in [-0.15, -0.1) is 0 Å². The third-order valence-corrected chi connectivity index (χ3v) is 4.03. The fourth-order valence-electron chi connectivity index (χ4n) is 3.15. The molecule has 1 rings (SSSR count). The predicted octanol–water partition coefficient (Wildman–Crippen LogP) is 1.31. The van der Waals surface area contributed by atoms with Gasteiger partial charge in [-0.2, -0.15) is 0 Å². The molecule has 24 heavy (non-hydrogen) atoms. The van der Waals surface area contributed by atoms with Crippen LogP contribution in [0.2, 0.25) is 0 Å². The van der Waals surface area contributed by atoms with Crippen LogP contribution in [0.5, 0.6) is 0 Å². The third kappa shape index (κ3) is 7.40. The summed E-state index contributed by atoms with van der Waals surface area (Å²) in [5.74, 6) is -0.468. The minimum absolute atomic E-state index is 0.0865. The maximum absolute atomic E-state index is 11.6. The predicted molar refractivity (Wildman–Crippen MR) is 89.5 cm³/mol. The Balaban J connectivity index is 0.000000470. The topological polar surface area (TPSA) is 93.1 Å². The Labute approximate surface area is 144 Å². The van der Waals surface area contributed by atoms with Gasteiger partial charge in [0.05, 0.1) is 33.7 Å². The second-order valence-corrected chi connectivity index (χ2v) is 7.04. The van der Waals surface area contributed by atoms with E-state index in [1.807, 2.05) is 0 Å². The number of carbonyl (C=O) groups is 3. The number of nitrogens with zero attached hydrogens (tertiary/aromatic N) is 1. The van der Waals surface area contributed by atoms with Crippen LogP contribution in [0.15, 0.2) is 0 Å². The van der Waals surface area contributed by atoms with E-state index in [4.69, 9.17) is 5.11 Å². The number of hydrogen-bond acceptors (Lipinski definition) is 7. The van der Waals surface area contributed by atoms with Crippen molar-refractivity contribution in [2.45, 2.75) is 64.5 Å². The molecule has 0 aromatic carbocycles. The molecule has 0 aromatic rings. The van der Waals surface area contributed by atoms with Crippen LogP contribution in [0, 0.1) is 0 Å². The summed E-state index contributed by atoms with van der Waals surface area (Å²) in [6.45, 7) is 9.08. The van der Waals surface area contributed by atoms with Crippen molar-refractivity contribution in [3.05, 3.63) is 0 Å². The molecule has 0 amide bonds. The van der Waals surface area contributed by atoms with Gasteiger partial charge >= 0.3 is 11.9 Å². The van der Waals surface area contributed by atoms with Gasteiger partial charge in [0, 0.05) is 30.5 Å². The summed E-state index contributed by atoms with van der Waals surface area (Å²) >= 11 is 0. The molecule has 1 saturated heterocycles. The summed E-state index contributed by atoms with van der Waals surface area (Å²) in [6, 6.07) is 0. The summed E-state index contributed by atoms with van der Waals surface area (Å²) in [6.07, 6.45) is 1.36. The molecular formula is C17H31NO6. The number of aliphatic hydroxyl groups is 1. The van der Waals surface area contributed by atoms with E-state index in [9.17, 15) is 14.4 Å². The van der Waals surface area contributed by atoms with E-state index in [-0.39, 0.29) is 30.5 Å². The van der Waals surface area contributed by atoms with Crippen LogP contribution in [-0.2, 0) is 23.9 Å². The minimum atomic E-state index is -0.398. The Kier molecular flexibility index (Phi) is 9.14. The molecule has 1 fully saturated rings. The van der Waals surface area contributed by atoms with Crippen molar-refractivity contribution in [3.8, 4) is 0 Å². The number of methoxy groups -OCH3 is 2. The highest BCUT2D eigenvalue weighted by Gasteiger charge is 2.44. The number of aliphatic hydroxyl groups excluding tert-OH is 1. The van der Waals surface area contributed by atoms with Gasteiger partial charge in [-0.05, 0) is 27.7 Å². The molecule has 0 aliphatic carbocycles. The first-order valence-electron chi connectivity index (χ1n) is 8.04. The van der Waals surface area contributed by atoms with Crippen LogP contribution in [0.3, 0.4) is 0 Å². The van der Waals surface area contributed by atoms with E-state index in [1.165, 1.54) is 14.2 Å². The van der Waals surface area contributed by atoms with Crippen molar-refractivity contribution >= 4 is 17.7 Å². The zero-order valence-electron chi connectivity index (χ0n) is 15.7. The van der Waals surface area contributed by atoms with E-state index in [1.54, 1.807) is 0 Å². The number of carbonyl (C=O) groups excluding carboxylic acids is 3. The zero-order chi connectivity index (χ0) is 19.0. The summed E-state index contributed by atoms with van der Waals surface area (Å²) < 4.78 is 8.60.